The van der Waals surface area contributed by atoms with E-state index in [0.717, 1.165) is 5.56 Å². The van der Waals surface area contributed by atoms with Gasteiger partial charge in [-0.25, -0.2) is 8.42 Å². The van der Waals surface area contributed by atoms with E-state index in [1.807, 2.05) is 12.1 Å². The number of nitrogens with one attached hydrogen (secondary N) is 2. The molecule has 0 fully saturated rings. The van der Waals surface area contributed by atoms with Crippen molar-refractivity contribution in [3.05, 3.63) is 48.0 Å². The maximum atomic E-state index is 12.5. The minimum absolute atomic E-state index is 0.0813. The van der Waals surface area contributed by atoms with Gasteiger partial charge in [-0.3, -0.25) is 9.59 Å². The van der Waals surface area contributed by atoms with Crippen LogP contribution in [0.15, 0.2) is 47.4 Å². The molecule has 1 unspecified atom stereocenters. The van der Waals surface area contributed by atoms with Crippen molar-refractivity contribution in [1.29, 1.82) is 0 Å². The summed E-state index contributed by atoms with van der Waals surface area (Å²) in [6.07, 6.45) is -0.430. The maximum absolute atomic E-state index is 12.5. The van der Waals surface area contributed by atoms with Crippen LogP contribution in [0.4, 0.5) is 0 Å². The fourth-order valence-corrected chi connectivity index (χ4v) is 4.00. The summed E-state index contributed by atoms with van der Waals surface area (Å²) >= 11 is 0. The highest BCUT2D eigenvalue weighted by Crippen LogP contribution is 2.31. The minimum Gasteiger partial charge on any atom is -0.496 e. The lowest BCUT2D eigenvalue weighted by molar-refractivity contribution is -0.153. The van der Waals surface area contributed by atoms with Crippen molar-refractivity contribution < 1.29 is 37.0 Å². The monoisotopic (exact) mass is 478 g/mol. The van der Waals surface area contributed by atoms with Crippen molar-refractivity contribution in [2.75, 3.05) is 26.9 Å². The van der Waals surface area contributed by atoms with Crippen molar-refractivity contribution >= 4 is 21.9 Å². The predicted molar refractivity (Wildman–Crippen MR) is 118 cm³/mol. The Bertz CT molecular complexity index is 1100. The molecule has 0 radical (unpaired) electrons. The van der Waals surface area contributed by atoms with Gasteiger partial charge in [0.05, 0.1) is 25.2 Å². The van der Waals surface area contributed by atoms with E-state index < -0.39 is 34.5 Å². The number of carbonyl (C=O) groups excluding carboxylic acids is 2. The lowest BCUT2D eigenvalue weighted by atomic mass is 10.2. The number of para-hydroxylation sites is 1. The van der Waals surface area contributed by atoms with Gasteiger partial charge in [-0.2, -0.15) is 4.72 Å². The molecule has 11 heteroatoms. The minimum atomic E-state index is -4.01. The van der Waals surface area contributed by atoms with E-state index in [9.17, 15) is 18.0 Å². The van der Waals surface area contributed by atoms with Gasteiger partial charge in [-0.05, 0) is 25.1 Å². The Morgan fingerprint density at radius 3 is 2.58 bits per heavy atom. The van der Waals surface area contributed by atoms with Crippen molar-refractivity contribution in [3.8, 4) is 17.2 Å². The number of esters is 1. The first-order valence-electron chi connectivity index (χ1n) is 10.3. The lowest BCUT2D eigenvalue weighted by Gasteiger charge is -2.15. The van der Waals surface area contributed by atoms with Crippen LogP contribution in [0.5, 0.6) is 17.2 Å². The normalized spacial score (nSPS) is 14.0. The highest BCUT2D eigenvalue weighted by Gasteiger charge is 2.22. The second-order valence-corrected chi connectivity index (χ2v) is 8.91. The van der Waals surface area contributed by atoms with E-state index in [0.29, 0.717) is 36.9 Å². The largest absolute Gasteiger partial charge is 0.496 e. The Morgan fingerprint density at radius 1 is 1.09 bits per heavy atom. The zero-order valence-corrected chi connectivity index (χ0v) is 19.1. The predicted octanol–water partition coefficient (Wildman–Crippen LogP) is 1.38. The van der Waals surface area contributed by atoms with E-state index in [4.69, 9.17) is 18.9 Å². The molecule has 1 heterocycles. The third kappa shape index (κ3) is 6.59. The number of amides is 1. The molecule has 1 atom stereocenters. The summed E-state index contributed by atoms with van der Waals surface area (Å²) in [5, 5.41) is 2.65. The summed E-state index contributed by atoms with van der Waals surface area (Å²) in [6, 6.07) is 11.4. The van der Waals surface area contributed by atoms with E-state index in [-0.39, 0.29) is 11.4 Å². The van der Waals surface area contributed by atoms with Crippen LogP contribution < -0.4 is 24.2 Å². The van der Waals surface area contributed by atoms with Gasteiger partial charge in [0.15, 0.2) is 17.6 Å². The number of sulfonamides is 1. The highest BCUT2D eigenvalue weighted by atomic mass is 32.2. The van der Waals surface area contributed by atoms with Crippen LogP contribution in [-0.2, 0) is 30.9 Å². The van der Waals surface area contributed by atoms with Gasteiger partial charge in [0.2, 0.25) is 10.0 Å². The van der Waals surface area contributed by atoms with Crippen molar-refractivity contribution in [1.82, 2.24) is 10.0 Å². The quantitative estimate of drug-likeness (QED) is 0.517. The zero-order chi connectivity index (χ0) is 23.8. The highest BCUT2D eigenvalue weighted by molar-refractivity contribution is 7.89. The topological polar surface area (TPSA) is 129 Å². The molecule has 0 spiro atoms. The number of carbonyl (C=O) groups is 2. The number of benzene rings is 2. The molecule has 2 aromatic rings. The first-order valence-corrected chi connectivity index (χ1v) is 11.8. The van der Waals surface area contributed by atoms with E-state index in [2.05, 4.69) is 10.0 Å². The number of hydrogen-bond acceptors (Lipinski definition) is 8. The average molecular weight is 479 g/mol. The number of hydrogen-bond donors (Lipinski definition) is 2. The molecule has 2 N–H and O–H groups in total. The smallest absolute Gasteiger partial charge is 0.321 e. The van der Waals surface area contributed by atoms with Gasteiger partial charge in [-0.1, -0.05) is 18.2 Å². The molecule has 178 valence electrons. The standard InChI is InChI=1S/C22H26N2O8S/c1-15(22(26)23-13-16-6-3-4-7-18(16)29-2)32-21(25)14-24-33(27,28)17-8-9-19-20(12-17)31-11-5-10-30-19/h3-4,6-9,12,15,24H,5,10-11,13-14H2,1-2H3,(H,23,26). The van der Waals surface area contributed by atoms with Crippen LogP contribution in [0.3, 0.4) is 0 Å². The molecule has 33 heavy (non-hydrogen) atoms. The zero-order valence-electron chi connectivity index (χ0n) is 18.3. The van der Waals surface area contributed by atoms with Gasteiger partial charge in [-0.15, -0.1) is 0 Å². The molecule has 1 aliphatic heterocycles. The number of ether oxygens (including phenoxy) is 4. The van der Waals surface area contributed by atoms with Gasteiger partial charge < -0.3 is 24.3 Å². The third-order valence-corrected chi connectivity index (χ3v) is 6.16. The second-order valence-electron chi connectivity index (χ2n) is 7.15. The Hall–Kier alpha value is -3.31. The molecular weight excluding hydrogens is 452 g/mol. The molecule has 1 amide bonds. The SMILES string of the molecule is COc1ccccc1CNC(=O)C(C)OC(=O)CNS(=O)(=O)c1ccc2c(c1)OCCCO2. The summed E-state index contributed by atoms with van der Waals surface area (Å²) in [5.74, 6) is -0.0309. The van der Waals surface area contributed by atoms with Gasteiger partial charge in [0.1, 0.15) is 12.3 Å². The molecular formula is C22H26N2O8S. The molecule has 3 rings (SSSR count). The molecule has 1 aliphatic rings. The molecule has 0 saturated heterocycles. The van der Waals surface area contributed by atoms with Crippen LogP contribution in [0.1, 0.15) is 18.9 Å². The van der Waals surface area contributed by atoms with E-state index >= 15 is 0 Å². The Balaban J connectivity index is 1.50. The molecule has 2 aromatic carbocycles. The molecule has 0 aliphatic carbocycles. The average Bonchev–Trinajstić information content (AvgIpc) is 3.06. The third-order valence-electron chi connectivity index (χ3n) is 4.76. The van der Waals surface area contributed by atoms with Crippen molar-refractivity contribution in [2.45, 2.75) is 30.9 Å². The van der Waals surface area contributed by atoms with Crippen LogP contribution >= 0.6 is 0 Å². The van der Waals surface area contributed by atoms with E-state index in [1.165, 1.54) is 32.2 Å². The summed E-state index contributed by atoms with van der Waals surface area (Å²) in [4.78, 5) is 24.3. The van der Waals surface area contributed by atoms with Gasteiger partial charge >= 0.3 is 5.97 Å². The number of rotatable bonds is 9. The fraction of sp³-hybridized carbons (Fsp3) is 0.364. The summed E-state index contributed by atoms with van der Waals surface area (Å²) in [6.45, 7) is 1.83. The Morgan fingerprint density at radius 2 is 1.82 bits per heavy atom. The molecule has 0 saturated carbocycles. The van der Waals surface area contributed by atoms with Crippen LogP contribution in [0.2, 0.25) is 0 Å². The Kier molecular flexibility index (Phi) is 8.12. The summed E-state index contributed by atoms with van der Waals surface area (Å²) in [5.41, 5.74) is 0.759. The lowest BCUT2D eigenvalue weighted by Crippen LogP contribution is -2.38. The molecule has 10 nitrogen and oxygen atoms in total. The summed E-state index contributed by atoms with van der Waals surface area (Å²) < 4.78 is 48.5. The Labute approximate surface area is 192 Å². The van der Waals surface area contributed by atoms with Gasteiger partial charge in [0.25, 0.3) is 5.91 Å². The fourth-order valence-electron chi connectivity index (χ4n) is 3.02. The number of methoxy groups -OCH3 is 1. The summed E-state index contributed by atoms with van der Waals surface area (Å²) in [7, 11) is -2.49. The van der Waals surface area contributed by atoms with Crippen LogP contribution in [0.25, 0.3) is 0 Å². The van der Waals surface area contributed by atoms with Gasteiger partial charge in [0, 0.05) is 24.6 Å². The first-order chi connectivity index (χ1) is 15.8. The van der Waals surface area contributed by atoms with E-state index in [1.54, 1.807) is 12.1 Å². The first kappa shape index (κ1) is 24.3. The molecule has 0 bridgehead atoms. The second kappa shape index (κ2) is 11.0. The maximum Gasteiger partial charge on any atom is 0.321 e. The van der Waals surface area contributed by atoms with Crippen molar-refractivity contribution in [3.63, 3.8) is 0 Å². The molecule has 0 aromatic heterocycles. The number of fused-ring (bicyclic) bond motifs is 1. The van der Waals surface area contributed by atoms with Crippen LogP contribution in [-0.4, -0.2) is 53.3 Å². The van der Waals surface area contributed by atoms with Crippen LogP contribution in [0, 0.1) is 0 Å². The van der Waals surface area contributed by atoms with Crippen molar-refractivity contribution in [2.24, 2.45) is 0 Å².